The maximum absolute atomic E-state index is 12.3. The number of thiocarbonyl (C=S) groups is 1. The second-order valence-electron chi connectivity index (χ2n) is 7.62. The first-order valence-electron chi connectivity index (χ1n) is 8.92. The van der Waals surface area contributed by atoms with Gasteiger partial charge in [-0.2, -0.15) is 0 Å². The minimum atomic E-state index is -0.536. The Balaban J connectivity index is 1.59. The quantitative estimate of drug-likeness (QED) is 0.656. The van der Waals surface area contributed by atoms with Gasteiger partial charge in [0.05, 0.1) is 11.7 Å². The number of hydrogen-bond donors (Lipinski definition) is 3. The van der Waals surface area contributed by atoms with Gasteiger partial charge in [0.1, 0.15) is 5.60 Å². The van der Waals surface area contributed by atoms with Crippen molar-refractivity contribution >= 4 is 29.1 Å². The molecule has 148 valence electrons. The Morgan fingerprint density at radius 3 is 2.89 bits per heavy atom. The Bertz CT molecular complexity index is 722. The smallest absolute Gasteiger partial charge is 0.410 e. The van der Waals surface area contributed by atoms with Crippen molar-refractivity contribution in [1.29, 1.82) is 0 Å². The van der Waals surface area contributed by atoms with Gasteiger partial charge in [0.2, 0.25) is 6.79 Å². The van der Waals surface area contributed by atoms with Crippen LogP contribution in [-0.2, 0) is 4.74 Å². The molecule has 9 heteroatoms. The van der Waals surface area contributed by atoms with Gasteiger partial charge in [-0.1, -0.05) is 6.07 Å². The fourth-order valence-electron chi connectivity index (χ4n) is 2.97. The highest BCUT2D eigenvalue weighted by Gasteiger charge is 2.32. The maximum Gasteiger partial charge on any atom is 0.410 e. The van der Waals surface area contributed by atoms with E-state index in [9.17, 15) is 4.79 Å². The van der Waals surface area contributed by atoms with Crippen molar-refractivity contribution < 1.29 is 19.0 Å². The number of carbonyl (C=O) groups excluding carboxylic acids is 1. The van der Waals surface area contributed by atoms with Crippen molar-refractivity contribution in [3.8, 4) is 11.5 Å². The minimum absolute atomic E-state index is 0.121. The summed E-state index contributed by atoms with van der Waals surface area (Å²) in [6.07, 6.45) is 0.323. The average Bonchev–Trinajstić information content (AvgIpc) is 3.05. The summed E-state index contributed by atoms with van der Waals surface area (Å²) >= 11 is 5.42. The van der Waals surface area contributed by atoms with Gasteiger partial charge in [0.25, 0.3) is 0 Å². The molecule has 1 unspecified atom stereocenters. The summed E-state index contributed by atoms with van der Waals surface area (Å²) in [5.74, 6) is 1.30. The minimum Gasteiger partial charge on any atom is -0.454 e. The molecule has 2 atom stereocenters. The number of rotatable bonds is 2. The summed E-state index contributed by atoms with van der Waals surface area (Å²) < 4.78 is 16.3. The summed E-state index contributed by atoms with van der Waals surface area (Å²) in [5, 5.41) is 6.73. The first kappa shape index (κ1) is 19.5. The molecule has 1 aromatic carbocycles. The third-order valence-corrected chi connectivity index (χ3v) is 4.50. The third-order valence-electron chi connectivity index (χ3n) is 4.28. The van der Waals surface area contributed by atoms with Crippen molar-refractivity contribution in [2.45, 2.75) is 44.9 Å². The van der Waals surface area contributed by atoms with E-state index in [1.807, 2.05) is 39.0 Å². The van der Waals surface area contributed by atoms with Crippen LogP contribution in [0.5, 0.6) is 11.5 Å². The summed E-state index contributed by atoms with van der Waals surface area (Å²) in [4.78, 5) is 14.0. The largest absolute Gasteiger partial charge is 0.454 e. The Morgan fingerprint density at radius 2 is 2.15 bits per heavy atom. The van der Waals surface area contributed by atoms with Gasteiger partial charge in [-0.05, 0) is 51.5 Å². The summed E-state index contributed by atoms with van der Waals surface area (Å²) in [7, 11) is 0. The number of ether oxygens (including phenoxy) is 3. The second-order valence-corrected chi connectivity index (χ2v) is 8.03. The number of likely N-dealkylation sites (tertiary alicyclic amines) is 1. The van der Waals surface area contributed by atoms with Crippen molar-refractivity contribution in [3.63, 3.8) is 0 Å². The van der Waals surface area contributed by atoms with Crippen LogP contribution in [-0.4, -0.2) is 53.7 Å². The molecule has 1 fully saturated rings. The number of piperidine rings is 1. The number of fused-ring (bicyclic) bond motifs is 1. The SMILES string of the molecule is CC(C)(C)OC(=O)N1CCC(N)[C@H](NC(=S)Nc2cccc3c2OCO3)C1. The van der Waals surface area contributed by atoms with Crippen molar-refractivity contribution in [2.75, 3.05) is 25.2 Å². The van der Waals surface area contributed by atoms with Gasteiger partial charge in [-0.3, -0.25) is 0 Å². The molecular formula is C18H26N4O4S. The molecule has 0 spiro atoms. The highest BCUT2D eigenvalue weighted by Crippen LogP contribution is 2.38. The van der Waals surface area contributed by atoms with Gasteiger partial charge in [0.15, 0.2) is 16.6 Å². The number of nitrogens with one attached hydrogen (secondary N) is 2. The Labute approximate surface area is 164 Å². The fraction of sp³-hybridized carbons (Fsp3) is 0.556. The molecule has 1 amide bonds. The van der Waals surface area contributed by atoms with E-state index in [2.05, 4.69) is 10.6 Å². The van der Waals surface area contributed by atoms with Crippen molar-refractivity contribution in [3.05, 3.63) is 18.2 Å². The van der Waals surface area contributed by atoms with Gasteiger partial charge in [0, 0.05) is 19.1 Å². The molecule has 2 aliphatic rings. The zero-order valence-electron chi connectivity index (χ0n) is 15.8. The first-order valence-corrected chi connectivity index (χ1v) is 9.33. The molecular weight excluding hydrogens is 368 g/mol. The van der Waals surface area contributed by atoms with Crippen LogP contribution in [0.4, 0.5) is 10.5 Å². The number of nitrogens with two attached hydrogens (primary N) is 1. The lowest BCUT2D eigenvalue weighted by molar-refractivity contribution is 0.0182. The molecule has 0 saturated carbocycles. The standard InChI is InChI=1S/C18H26N4O4S/c1-18(2,3)26-17(23)22-8-7-11(19)13(9-22)21-16(27)20-12-5-4-6-14-15(12)25-10-24-14/h4-6,11,13H,7-10,19H2,1-3H3,(H2,20,21,27)/t11?,13-/m1/s1. The molecule has 0 aromatic heterocycles. The number of benzene rings is 1. The number of carbonyl (C=O) groups is 1. The lowest BCUT2D eigenvalue weighted by atomic mass is 10.0. The van der Waals surface area contributed by atoms with E-state index in [1.54, 1.807) is 4.90 Å². The van der Waals surface area contributed by atoms with E-state index in [4.69, 9.17) is 32.2 Å². The second kappa shape index (κ2) is 7.77. The number of amides is 1. The Morgan fingerprint density at radius 1 is 1.37 bits per heavy atom. The zero-order valence-corrected chi connectivity index (χ0v) is 16.6. The predicted octanol–water partition coefficient (Wildman–Crippen LogP) is 2.04. The molecule has 27 heavy (non-hydrogen) atoms. The molecule has 0 radical (unpaired) electrons. The average molecular weight is 394 g/mol. The maximum atomic E-state index is 12.3. The number of hydrogen-bond acceptors (Lipinski definition) is 6. The highest BCUT2D eigenvalue weighted by molar-refractivity contribution is 7.80. The van der Waals surface area contributed by atoms with E-state index in [-0.39, 0.29) is 25.0 Å². The van der Waals surface area contributed by atoms with Crippen LogP contribution in [0.2, 0.25) is 0 Å². The van der Waals surface area contributed by atoms with E-state index in [0.717, 1.165) is 5.69 Å². The molecule has 2 heterocycles. The molecule has 2 aliphatic heterocycles. The van der Waals surface area contributed by atoms with Gasteiger partial charge in [-0.15, -0.1) is 0 Å². The highest BCUT2D eigenvalue weighted by atomic mass is 32.1. The predicted molar refractivity (Wildman–Crippen MR) is 106 cm³/mol. The van der Waals surface area contributed by atoms with E-state index in [0.29, 0.717) is 36.1 Å². The van der Waals surface area contributed by atoms with Crippen LogP contribution < -0.4 is 25.8 Å². The van der Waals surface area contributed by atoms with Crippen LogP contribution in [0.25, 0.3) is 0 Å². The number of anilines is 1. The third kappa shape index (κ3) is 4.92. The van der Waals surface area contributed by atoms with E-state index < -0.39 is 5.60 Å². The zero-order chi connectivity index (χ0) is 19.6. The van der Waals surface area contributed by atoms with Gasteiger partial charge in [-0.25, -0.2) is 4.79 Å². The molecule has 4 N–H and O–H groups in total. The molecule has 8 nitrogen and oxygen atoms in total. The van der Waals surface area contributed by atoms with Crippen molar-refractivity contribution in [1.82, 2.24) is 10.2 Å². The van der Waals surface area contributed by atoms with Crippen LogP contribution in [0.3, 0.4) is 0 Å². The molecule has 3 rings (SSSR count). The normalized spacial score (nSPS) is 21.6. The van der Waals surface area contributed by atoms with Crippen LogP contribution in [0, 0.1) is 0 Å². The molecule has 1 aromatic rings. The first-order chi connectivity index (χ1) is 12.7. The van der Waals surface area contributed by atoms with Crippen LogP contribution in [0.1, 0.15) is 27.2 Å². The molecule has 0 aliphatic carbocycles. The monoisotopic (exact) mass is 394 g/mol. The number of nitrogens with zero attached hydrogens (tertiary/aromatic N) is 1. The molecule has 1 saturated heterocycles. The summed E-state index contributed by atoms with van der Waals surface area (Å²) in [6, 6.07) is 5.24. The lowest BCUT2D eigenvalue weighted by Gasteiger charge is -2.38. The molecule has 0 bridgehead atoms. The van der Waals surface area contributed by atoms with Crippen LogP contribution in [0.15, 0.2) is 18.2 Å². The Hall–Kier alpha value is -2.26. The van der Waals surface area contributed by atoms with Crippen molar-refractivity contribution in [2.24, 2.45) is 5.73 Å². The lowest BCUT2D eigenvalue weighted by Crippen LogP contribution is -2.60. The topological polar surface area (TPSA) is 98.1 Å². The fourth-order valence-corrected chi connectivity index (χ4v) is 3.23. The Kier molecular flexibility index (Phi) is 5.61. The van der Waals surface area contributed by atoms with Gasteiger partial charge >= 0.3 is 6.09 Å². The summed E-state index contributed by atoms with van der Waals surface area (Å²) in [5.41, 5.74) is 6.41. The van der Waals surface area contributed by atoms with E-state index >= 15 is 0 Å². The van der Waals surface area contributed by atoms with Crippen LogP contribution >= 0.6 is 12.2 Å². The van der Waals surface area contributed by atoms with E-state index in [1.165, 1.54) is 0 Å². The van der Waals surface area contributed by atoms with Gasteiger partial charge < -0.3 is 35.5 Å². The number of para-hydroxylation sites is 1. The summed E-state index contributed by atoms with van der Waals surface area (Å²) in [6.45, 7) is 6.71.